The van der Waals surface area contributed by atoms with Crippen LogP contribution in [0.3, 0.4) is 0 Å². The van der Waals surface area contributed by atoms with Crippen LogP contribution < -0.4 is 4.90 Å². The van der Waals surface area contributed by atoms with Gasteiger partial charge in [-0.05, 0) is 43.2 Å². The Hall–Kier alpha value is -1.75. The van der Waals surface area contributed by atoms with Crippen molar-refractivity contribution in [3.05, 3.63) is 57.0 Å². The van der Waals surface area contributed by atoms with Gasteiger partial charge in [-0.3, -0.25) is 4.90 Å². The van der Waals surface area contributed by atoms with Crippen LogP contribution in [0.15, 0.2) is 39.7 Å². The lowest BCUT2D eigenvalue weighted by Crippen LogP contribution is -2.50. The molecular formula is C19H16BrClF2N2O4S. The lowest BCUT2D eigenvalue weighted by Gasteiger charge is -2.39. The molecule has 2 heterocycles. The zero-order valence-corrected chi connectivity index (χ0v) is 18.6. The molecule has 1 saturated heterocycles. The highest BCUT2D eigenvalue weighted by atomic mass is 79.9. The van der Waals surface area contributed by atoms with Gasteiger partial charge in [-0.15, -0.1) is 0 Å². The highest BCUT2D eigenvalue weighted by Crippen LogP contribution is 2.35. The first kappa shape index (κ1) is 21.5. The van der Waals surface area contributed by atoms with E-state index in [0.29, 0.717) is 25.0 Å². The fraction of sp³-hybridized carbons (Fsp3) is 0.316. The van der Waals surface area contributed by atoms with Crippen LogP contribution in [0.5, 0.6) is 0 Å². The number of carbonyl (C=O) groups is 1. The van der Waals surface area contributed by atoms with E-state index in [4.69, 9.17) is 16.3 Å². The number of halogens is 4. The van der Waals surface area contributed by atoms with Crippen molar-refractivity contribution in [1.29, 1.82) is 0 Å². The quantitative estimate of drug-likeness (QED) is 0.550. The summed E-state index contributed by atoms with van der Waals surface area (Å²) in [5.74, 6) is -2.12. The summed E-state index contributed by atoms with van der Waals surface area (Å²) in [6, 6.07) is 6.46. The van der Waals surface area contributed by atoms with E-state index < -0.39 is 37.7 Å². The predicted molar refractivity (Wildman–Crippen MR) is 110 cm³/mol. The third kappa shape index (κ3) is 3.81. The van der Waals surface area contributed by atoms with Gasteiger partial charge < -0.3 is 4.74 Å². The Labute approximate surface area is 185 Å². The van der Waals surface area contributed by atoms with E-state index in [0.717, 1.165) is 20.0 Å². The minimum absolute atomic E-state index is 0.0479. The van der Waals surface area contributed by atoms with Crippen molar-refractivity contribution in [1.82, 2.24) is 4.31 Å². The Bertz CT molecular complexity index is 1120. The second-order valence-corrected chi connectivity index (χ2v) is 10.3. The molecule has 11 heteroatoms. The molecule has 2 aromatic carbocycles. The van der Waals surface area contributed by atoms with Crippen LogP contribution >= 0.6 is 27.5 Å². The van der Waals surface area contributed by atoms with Gasteiger partial charge in [-0.1, -0.05) is 27.5 Å². The van der Waals surface area contributed by atoms with E-state index >= 15 is 0 Å². The van der Waals surface area contributed by atoms with E-state index in [9.17, 15) is 22.0 Å². The molecule has 160 valence electrons. The van der Waals surface area contributed by atoms with Crippen molar-refractivity contribution >= 4 is 49.3 Å². The van der Waals surface area contributed by atoms with Crippen LogP contribution in [-0.2, 0) is 21.4 Å². The standard InChI is InChI=1S/C19H16BrClF2N2O4S/c20-12-1-2-17-11(7-12)10-29-19(26)25(17)13-3-5-24(6-4-13)30(27,28)18-9-15(22)14(21)8-16(18)23/h1-2,7-9,13H,3-6,10H2. The first-order valence-electron chi connectivity index (χ1n) is 9.07. The number of nitrogens with zero attached hydrogens (tertiary/aromatic N) is 2. The van der Waals surface area contributed by atoms with Crippen LogP contribution in [0.2, 0.25) is 5.02 Å². The highest BCUT2D eigenvalue weighted by molar-refractivity contribution is 9.10. The van der Waals surface area contributed by atoms with Crippen LogP contribution in [0, 0.1) is 11.6 Å². The Kier molecular flexibility index (Phi) is 5.78. The van der Waals surface area contributed by atoms with E-state index in [1.54, 1.807) is 0 Å². The van der Waals surface area contributed by atoms with E-state index in [2.05, 4.69) is 15.9 Å². The Balaban J connectivity index is 1.55. The monoisotopic (exact) mass is 520 g/mol. The summed E-state index contributed by atoms with van der Waals surface area (Å²) in [5.41, 5.74) is 1.57. The molecule has 0 radical (unpaired) electrons. The zero-order chi connectivity index (χ0) is 21.6. The number of anilines is 1. The smallest absolute Gasteiger partial charge is 0.414 e. The van der Waals surface area contributed by atoms with Gasteiger partial charge in [-0.25, -0.2) is 22.0 Å². The van der Waals surface area contributed by atoms with Crippen LogP contribution in [0.4, 0.5) is 19.3 Å². The molecule has 0 aromatic heterocycles. The molecule has 1 amide bonds. The second-order valence-electron chi connectivity index (χ2n) is 7.03. The van der Waals surface area contributed by atoms with Crippen molar-refractivity contribution in [2.45, 2.75) is 30.4 Å². The Morgan fingerprint density at radius 2 is 1.80 bits per heavy atom. The summed E-state index contributed by atoms with van der Waals surface area (Å²) < 4.78 is 60.7. The summed E-state index contributed by atoms with van der Waals surface area (Å²) in [6.07, 6.45) is 0.153. The average molecular weight is 522 g/mol. The minimum Gasteiger partial charge on any atom is -0.444 e. The topological polar surface area (TPSA) is 66.9 Å². The molecule has 0 N–H and O–H groups in total. The second kappa shape index (κ2) is 8.07. The molecule has 1 fully saturated rings. The van der Waals surface area contributed by atoms with Crippen molar-refractivity contribution in [3.63, 3.8) is 0 Å². The molecule has 2 aliphatic rings. The first-order chi connectivity index (χ1) is 14.2. The molecular weight excluding hydrogens is 506 g/mol. The average Bonchev–Trinajstić information content (AvgIpc) is 2.71. The van der Waals surface area contributed by atoms with Crippen molar-refractivity contribution < 1.29 is 26.7 Å². The van der Waals surface area contributed by atoms with Gasteiger partial charge in [0.05, 0.1) is 10.7 Å². The summed E-state index contributed by atoms with van der Waals surface area (Å²) in [5, 5.41) is -0.487. The Morgan fingerprint density at radius 3 is 2.50 bits per heavy atom. The Morgan fingerprint density at radius 1 is 1.10 bits per heavy atom. The summed E-state index contributed by atoms with van der Waals surface area (Å²) in [6.45, 7) is 0.261. The normalized spacial score (nSPS) is 18.3. The van der Waals surface area contributed by atoms with Crippen molar-refractivity contribution in [3.8, 4) is 0 Å². The minimum atomic E-state index is -4.25. The van der Waals surface area contributed by atoms with Gasteiger partial charge in [0.1, 0.15) is 23.1 Å². The van der Waals surface area contributed by atoms with E-state index in [-0.39, 0.29) is 25.7 Å². The third-order valence-electron chi connectivity index (χ3n) is 5.23. The molecule has 0 bridgehead atoms. The zero-order valence-electron chi connectivity index (χ0n) is 15.4. The SMILES string of the molecule is O=C1OCc2cc(Br)ccc2N1C1CCN(S(=O)(=O)c2cc(F)c(Cl)cc2F)CC1. The number of cyclic esters (lactones) is 1. The number of carbonyl (C=O) groups excluding carboxylic acids is 1. The molecule has 0 saturated carbocycles. The van der Waals surface area contributed by atoms with Crippen molar-refractivity contribution in [2.75, 3.05) is 18.0 Å². The number of hydrogen-bond donors (Lipinski definition) is 0. The maximum Gasteiger partial charge on any atom is 0.414 e. The third-order valence-corrected chi connectivity index (χ3v) is 7.93. The fourth-order valence-corrected chi connectivity index (χ4v) is 5.83. The van der Waals surface area contributed by atoms with E-state index in [1.165, 1.54) is 4.90 Å². The van der Waals surface area contributed by atoms with Crippen molar-refractivity contribution in [2.24, 2.45) is 0 Å². The number of sulfonamides is 1. The maximum absolute atomic E-state index is 14.2. The first-order valence-corrected chi connectivity index (χ1v) is 11.7. The largest absolute Gasteiger partial charge is 0.444 e. The summed E-state index contributed by atoms with van der Waals surface area (Å²) >= 11 is 8.91. The molecule has 2 aliphatic heterocycles. The van der Waals surface area contributed by atoms with Gasteiger partial charge in [0.25, 0.3) is 0 Å². The number of ether oxygens (including phenoxy) is 1. The summed E-state index contributed by atoms with van der Waals surface area (Å²) in [7, 11) is -4.25. The number of piperidine rings is 1. The molecule has 2 aromatic rings. The number of rotatable bonds is 3. The van der Waals surface area contributed by atoms with Crippen LogP contribution in [0.1, 0.15) is 18.4 Å². The summed E-state index contributed by atoms with van der Waals surface area (Å²) in [4.78, 5) is 13.2. The van der Waals surface area contributed by atoms with E-state index in [1.807, 2.05) is 18.2 Å². The van der Waals surface area contributed by atoms with Crippen LogP contribution in [-0.4, -0.2) is 37.9 Å². The van der Waals surface area contributed by atoms with Gasteiger partial charge in [-0.2, -0.15) is 4.31 Å². The van der Waals surface area contributed by atoms with Gasteiger partial charge in [0.2, 0.25) is 10.0 Å². The lowest BCUT2D eigenvalue weighted by molar-refractivity contribution is 0.135. The molecule has 6 nitrogen and oxygen atoms in total. The van der Waals surface area contributed by atoms with Gasteiger partial charge >= 0.3 is 6.09 Å². The molecule has 0 spiro atoms. The molecule has 0 atom stereocenters. The highest BCUT2D eigenvalue weighted by Gasteiger charge is 2.38. The van der Waals surface area contributed by atoms with Crippen LogP contribution in [0.25, 0.3) is 0 Å². The number of hydrogen-bond acceptors (Lipinski definition) is 4. The van der Waals surface area contributed by atoms with Gasteiger partial charge in [0.15, 0.2) is 0 Å². The predicted octanol–water partition coefficient (Wildman–Crippen LogP) is 4.69. The lowest BCUT2D eigenvalue weighted by atomic mass is 10.0. The maximum atomic E-state index is 14.2. The number of amides is 1. The molecule has 30 heavy (non-hydrogen) atoms. The molecule has 0 aliphatic carbocycles. The number of fused-ring (bicyclic) bond motifs is 1. The van der Waals surface area contributed by atoms with Gasteiger partial charge in [0, 0.05) is 29.2 Å². The molecule has 0 unspecified atom stereocenters. The molecule has 4 rings (SSSR count). The fourth-order valence-electron chi connectivity index (χ4n) is 3.74. The number of benzene rings is 2.